The zero-order chi connectivity index (χ0) is 20.7. The average Bonchev–Trinajstić information content (AvgIpc) is 2.74. The van der Waals surface area contributed by atoms with Gasteiger partial charge in [0.05, 0.1) is 12.2 Å². The summed E-state index contributed by atoms with van der Waals surface area (Å²) in [6.07, 6.45) is 0.745. The lowest BCUT2D eigenvalue weighted by Gasteiger charge is -2.47. The lowest BCUT2D eigenvalue weighted by Crippen LogP contribution is -2.56. The first kappa shape index (κ1) is 21.1. The predicted molar refractivity (Wildman–Crippen MR) is 113 cm³/mol. The van der Waals surface area contributed by atoms with Crippen LogP contribution in [0.2, 0.25) is 0 Å². The molecule has 0 radical (unpaired) electrons. The molecule has 6 nitrogen and oxygen atoms in total. The van der Waals surface area contributed by atoms with Crippen molar-refractivity contribution in [1.29, 1.82) is 0 Å². The second kappa shape index (κ2) is 9.76. The Hall–Kier alpha value is -2.57. The standard InChI is InChI=1S/C23H30N2O4/c1-4-28-16-17-29-21-13-8-6-11-19(21)23(2)24-20-12-7-5-10-18(20)22(26)25(23)14-9-15-27-3/h5-8,10-13,24H,4,9,14-17H2,1-3H3. The minimum atomic E-state index is -0.749. The minimum absolute atomic E-state index is 0.00192. The summed E-state index contributed by atoms with van der Waals surface area (Å²) in [7, 11) is 1.67. The van der Waals surface area contributed by atoms with Gasteiger partial charge in [0.1, 0.15) is 18.0 Å². The van der Waals surface area contributed by atoms with Gasteiger partial charge in [-0.2, -0.15) is 0 Å². The molecular formula is C23H30N2O4. The van der Waals surface area contributed by atoms with E-state index in [-0.39, 0.29) is 5.91 Å². The molecule has 29 heavy (non-hydrogen) atoms. The van der Waals surface area contributed by atoms with Gasteiger partial charge in [0.25, 0.3) is 5.91 Å². The molecule has 1 aliphatic rings. The molecule has 1 heterocycles. The highest BCUT2D eigenvalue weighted by atomic mass is 16.5. The maximum atomic E-state index is 13.4. The van der Waals surface area contributed by atoms with E-state index >= 15 is 0 Å². The maximum absolute atomic E-state index is 13.4. The Bertz CT molecular complexity index is 826. The molecule has 1 amide bonds. The molecule has 1 unspecified atom stereocenters. The second-order valence-corrected chi connectivity index (χ2v) is 7.09. The molecule has 0 fully saturated rings. The van der Waals surface area contributed by atoms with Crippen LogP contribution < -0.4 is 10.1 Å². The van der Waals surface area contributed by atoms with E-state index in [1.54, 1.807) is 7.11 Å². The molecule has 2 aromatic rings. The number of nitrogens with one attached hydrogen (secondary N) is 1. The van der Waals surface area contributed by atoms with Gasteiger partial charge in [-0.25, -0.2) is 0 Å². The molecular weight excluding hydrogens is 368 g/mol. The number of anilines is 1. The number of fused-ring (bicyclic) bond motifs is 1. The summed E-state index contributed by atoms with van der Waals surface area (Å²) in [6.45, 7) is 6.78. The van der Waals surface area contributed by atoms with Crippen LogP contribution in [-0.2, 0) is 15.1 Å². The highest BCUT2D eigenvalue weighted by molar-refractivity contribution is 6.02. The number of hydrogen-bond acceptors (Lipinski definition) is 5. The van der Waals surface area contributed by atoms with E-state index < -0.39 is 5.66 Å². The Morgan fingerprint density at radius 3 is 2.59 bits per heavy atom. The highest BCUT2D eigenvalue weighted by Gasteiger charge is 2.43. The number of methoxy groups -OCH3 is 1. The number of nitrogens with zero attached hydrogens (tertiary/aromatic N) is 1. The Kier molecular flexibility index (Phi) is 7.12. The van der Waals surface area contributed by atoms with Crippen LogP contribution >= 0.6 is 0 Å². The van der Waals surface area contributed by atoms with Gasteiger partial charge in [0.15, 0.2) is 0 Å². The van der Waals surface area contributed by atoms with Gasteiger partial charge in [-0.3, -0.25) is 4.79 Å². The van der Waals surface area contributed by atoms with E-state index in [4.69, 9.17) is 14.2 Å². The van der Waals surface area contributed by atoms with Crippen molar-refractivity contribution in [2.75, 3.05) is 45.4 Å². The minimum Gasteiger partial charge on any atom is -0.491 e. The van der Waals surface area contributed by atoms with Crippen molar-refractivity contribution in [3.05, 3.63) is 59.7 Å². The zero-order valence-electron chi connectivity index (χ0n) is 17.4. The SMILES string of the molecule is CCOCCOc1ccccc1C1(C)Nc2ccccc2C(=O)N1CCCOC. The quantitative estimate of drug-likeness (QED) is 0.616. The van der Waals surface area contributed by atoms with Crippen LogP contribution in [0.1, 0.15) is 36.2 Å². The molecule has 3 rings (SSSR count). The Morgan fingerprint density at radius 1 is 1.03 bits per heavy atom. The number of rotatable bonds is 10. The summed E-state index contributed by atoms with van der Waals surface area (Å²) < 4.78 is 16.6. The normalized spacial score (nSPS) is 18.3. The van der Waals surface area contributed by atoms with Crippen molar-refractivity contribution in [3.63, 3.8) is 0 Å². The van der Waals surface area contributed by atoms with Crippen molar-refractivity contribution in [3.8, 4) is 5.75 Å². The molecule has 6 heteroatoms. The molecule has 0 aliphatic carbocycles. The Balaban J connectivity index is 1.97. The van der Waals surface area contributed by atoms with Gasteiger partial charge in [-0.15, -0.1) is 0 Å². The summed E-state index contributed by atoms with van der Waals surface area (Å²) >= 11 is 0. The smallest absolute Gasteiger partial charge is 0.258 e. The summed E-state index contributed by atoms with van der Waals surface area (Å²) in [6, 6.07) is 15.5. The van der Waals surface area contributed by atoms with Gasteiger partial charge in [-0.05, 0) is 38.5 Å². The maximum Gasteiger partial charge on any atom is 0.258 e. The van der Waals surface area contributed by atoms with E-state index in [1.165, 1.54) is 0 Å². The number of carbonyl (C=O) groups is 1. The second-order valence-electron chi connectivity index (χ2n) is 7.09. The average molecular weight is 399 g/mol. The fourth-order valence-corrected chi connectivity index (χ4v) is 3.71. The molecule has 0 saturated heterocycles. The van der Waals surface area contributed by atoms with E-state index in [9.17, 15) is 4.79 Å². The number of carbonyl (C=O) groups excluding carboxylic acids is 1. The molecule has 0 spiro atoms. The van der Waals surface area contributed by atoms with Gasteiger partial charge < -0.3 is 24.4 Å². The molecule has 1 aliphatic heterocycles. The zero-order valence-corrected chi connectivity index (χ0v) is 17.4. The van der Waals surface area contributed by atoms with Crippen LogP contribution in [-0.4, -0.2) is 50.9 Å². The lowest BCUT2D eigenvalue weighted by atomic mass is 9.92. The monoisotopic (exact) mass is 398 g/mol. The first-order valence-electron chi connectivity index (χ1n) is 10.1. The summed E-state index contributed by atoms with van der Waals surface area (Å²) in [5.41, 5.74) is 1.67. The Morgan fingerprint density at radius 2 is 1.79 bits per heavy atom. The third kappa shape index (κ3) is 4.54. The van der Waals surface area contributed by atoms with Crippen molar-refractivity contribution in [2.45, 2.75) is 25.9 Å². The molecule has 1 N–H and O–H groups in total. The van der Waals surface area contributed by atoms with Crippen LogP contribution in [0, 0.1) is 0 Å². The summed E-state index contributed by atoms with van der Waals surface area (Å²) in [5.74, 6) is 0.744. The molecule has 0 saturated carbocycles. The van der Waals surface area contributed by atoms with E-state index in [0.29, 0.717) is 38.5 Å². The van der Waals surface area contributed by atoms with Gasteiger partial charge in [0, 0.05) is 38.1 Å². The van der Waals surface area contributed by atoms with Crippen LogP contribution in [0.5, 0.6) is 5.75 Å². The topological polar surface area (TPSA) is 60.0 Å². The lowest BCUT2D eigenvalue weighted by molar-refractivity contribution is 0.0494. The van der Waals surface area contributed by atoms with Crippen LogP contribution in [0.25, 0.3) is 0 Å². The number of amides is 1. The van der Waals surface area contributed by atoms with E-state index in [0.717, 1.165) is 23.4 Å². The Labute approximate surface area is 172 Å². The van der Waals surface area contributed by atoms with Gasteiger partial charge in [-0.1, -0.05) is 30.3 Å². The third-order valence-electron chi connectivity index (χ3n) is 5.15. The fraction of sp³-hybridized carbons (Fsp3) is 0.435. The highest BCUT2D eigenvalue weighted by Crippen LogP contribution is 2.41. The third-order valence-corrected chi connectivity index (χ3v) is 5.15. The first-order valence-corrected chi connectivity index (χ1v) is 10.1. The first-order chi connectivity index (χ1) is 14.1. The van der Waals surface area contributed by atoms with Crippen LogP contribution in [0.15, 0.2) is 48.5 Å². The van der Waals surface area contributed by atoms with Crippen LogP contribution in [0.4, 0.5) is 5.69 Å². The summed E-state index contributed by atoms with van der Waals surface area (Å²) in [4.78, 5) is 15.3. The largest absolute Gasteiger partial charge is 0.491 e. The predicted octanol–water partition coefficient (Wildman–Crippen LogP) is 3.88. The van der Waals surface area contributed by atoms with Crippen molar-refractivity contribution in [2.24, 2.45) is 0 Å². The summed E-state index contributed by atoms with van der Waals surface area (Å²) in [5, 5.41) is 3.59. The number of hydrogen-bond donors (Lipinski definition) is 1. The van der Waals surface area contributed by atoms with Gasteiger partial charge in [0.2, 0.25) is 0 Å². The van der Waals surface area contributed by atoms with E-state index in [2.05, 4.69) is 5.32 Å². The van der Waals surface area contributed by atoms with Crippen molar-refractivity contribution < 1.29 is 19.0 Å². The molecule has 2 aromatic carbocycles. The van der Waals surface area contributed by atoms with Crippen molar-refractivity contribution >= 4 is 11.6 Å². The molecule has 0 bridgehead atoms. The van der Waals surface area contributed by atoms with Gasteiger partial charge >= 0.3 is 0 Å². The number of ether oxygens (including phenoxy) is 3. The van der Waals surface area contributed by atoms with Crippen molar-refractivity contribution in [1.82, 2.24) is 4.90 Å². The van der Waals surface area contributed by atoms with E-state index in [1.807, 2.05) is 67.3 Å². The molecule has 0 aromatic heterocycles. The number of para-hydroxylation sites is 2. The fourth-order valence-electron chi connectivity index (χ4n) is 3.71. The molecule has 1 atom stereocenters. The number of benzene rings is 2. The van der Waals surface area contributed by atoms with Crippen LogP contribution in [0.3, 0.4) is 0 Å². The molecule has 156 valence electrons.